The van der Waals surface area contributed by atoms with Crippen molar-refractivity contribution in [2.75, 3.05) is 0 Å². The van der Waals surface area contributed by atoms with Gasteiger partial charge in [0.25, 0.3) is 0 Å². The van der Waals surface area contributed by atoms with Gasteiger partial charge in [-0.2, -0.15) is 0 Å². The van der Waals surface area contributed by atoms with Crippen LogP contribution in [0, 0.1) is 0 Å². The average Bonchev–Trinajstić information content (AvgIpc) is 2.18. The first-order valence-corrected chi connectivity index (χ1v) is 4.51. The number of hydrogen-bond donors (Lipinski definition) is 1. The first kappa shape index (κ1) is 8.75. The topological polar surface area (TPSA) is 33.1 Å². The Kier molecular flexibility index (Phi) is 2.19. The lowest BCUT2D eigenvalue weighted by Crippen LogP contribution is -1.82. The highest BCUT2D eigenvalue weighted by molar-refractivity contribution is 5.88. The van der Waals surface area contributed by atoms with E-state index in [9.17, 15) is 5.11 Å². The van der Waals surface area contributed by atoms with Crippen molar-refractivity contribution >= 4 is 17.0 Å². The van der Waals surface area contributed by atoms with Crippen LogP contribution in [0.5, 0.6) is 5.75 Å². The number of phenolic OH excluding ortho intramolecular Hbond substituents is 1. The summed E-state index contributed by atoms with van der Waals surface area (Å²) in [5.41, 5.74) is 1.87. The van der Waals surface area contributed by atoms with Crippen molar-refractivity contribution in [2.45, 2.75) is 6.92 Å². The lowest BCUT2D eigenvalue weighted by molar-refractivity contribution is 0.476. The molecule has 0 radical (unpaired) electrons. The van der Waals surface area contributed by atoms with Crippen molar-refractivity contribution in [3.8, 4) is 5.75 Å². The van der Waals surface area contributed by atoms with Crippen LogP contribution >= 0.6 is 0 Å². The minimum Gasteiger partial charge on any atom is -0.508 e. The summed E-state index contributed by atoms with van der Waals surface area (Å²) < 4.78 is 0. The predicted molar refractivity (Wildman–Crippen MR) is 58.1 cm³/mol. The summed E-state index contributed by atoms with van der Waals surface area (Å²) in [5.74, 6) is 0.276. The van der Waals surface area contributed by atoms with E-state index < -0.39 is 0 Å². The SMILES string of the molecule is C/C=C/c1cc(O)cc2cccnc12. The van der Waals surface area contributed by atoms with Crippen LogP contribution in [0.2, 0.25) is 0 Å². The van der Waals surface area contributed by atoms with E-state index in [0.29, 0.717) is 0 Å². The maximum atomic E-state index is 9.48. The highest BCUT2D eigenvalue weighted by Gasteiger charge is 2.00. The Balaban J connectivity index is 2.79. The number of aromatic nitrogens is 1. The van der Waals surface area contributed by atoms with E-state index in [0.717, 1.165) is 16.5 Å². The Labute approximate surface area is 82.5 Å². The molecule has 0 atom stereocenters. The van der Waals surface area contributed by atoms with Gasteiger partial charge in [-0.15, -0.1) is 0 Å². The monoisotopic (exact) mass is 185 g/mol. The Morgan fingerprint density at radius 3 is 3.00 bits per heavy atom. The Morgan fingerprint density at radius 2 is 2.21 bits per heavy atom. The third-order valence-corrected chi connectivity index (χ3v) is 2.07. The highest BCUT2D eigenvalue weighted by Crippen LogP contribution is 2.23. The van der Waals surface area contributed by atoms with Crippen LogP contribution in [0.1, 0.15) is 12.5 Å². The van der Waals surface area contributed by atoms with Gasteiger partial charge < -0.3 is 5.11 Å². The van der Waals surface area contributed by atoms with Crippen LogP contribution in [0.15, 0.2) is 36.5 Å². The van der Waals surface area contributed by atoms with E-state index in [1.807, 2.05) is 31.2 Å². The molecule has 0 fully saturated rings. The molecule has 1 heterocycles. The van der Waals surface area contributed by atoms with Gasteiger partial charge in [0, 0.05) is 17.1 Å². The Hall–Kier alpha value is -1.83. The fourth-order valence-corrected chi connectivity index (χ4v) is 1.51. The smallest absolute Gasteiger partial charge is 0.116 e. The molecule has 0 saturated heterocycles. The normalized spacial score (nSPS) is 11.2. The molecular formula is C12H11NO. The molecule has 14 heavy (non-hydrogen) atoms. The molecule has 1 N–H and O–H groups in total. The van der Waals surface area contributed by atoms with Crippen LogP contribution in [0.4, 0.5) is 0 Å². The molecule has 1 aromatic heterocycles. The quantitative estimate of drug-likeness (QED) is 0.740. The lowest BCUT2D eigenvalue weighted by Gasteiger charge is -2.02. The molecule has 0 aliphatic carbocycles. The molecule has 1 aromatic carbocycles. The van der Waals surface area contributed by atoms with Crippen molar-refractivity contribution < 1.29 is 5.11 Å². The number of hydrogen-bond acceptors (Lipinski definition) is 2. The lowest BCUT2D eigenvalue weighted by atomic mass is 10.1. The molecule has 70 valence electrons. The fraction of sp³-hybridized carbons (Fsp3) is 0.0833. The van der Waals surface area contributed by atoms with E-state index in [4.69, 9.17) is 0 Å². The number of pyridine rings is 1. The van der Waals surface area contributed by atoms with Gasteiger partial charge in [-0.1, -0.05) is 18.2 Å². The molecule has 0 amide bonds. The van der Waals surface area contributed by atoms with Crippen LogP contribution in [0.25, 0.3) is 17.0 Å². The van der Waals surface area contributed by atoms with Gasteiger partial charge in [0.2, 0.25) is 0 Å². The summed E-state index contributed by atoms with van der Waals surface area (Å²) in [7, 11) is 0. The number of rotatable bonds is 1. The van der Waals surface area contributed by atoms with Gasteiger partial charge in [-0.3, -0.25) is 4.98 Å². The molecule has 0 unspecified atom stereocenters. The Morgan fingerprint density at radius 1 is 1.36 bits per heavy atom. The molecule has 0 bridgehead atoms. The number of nitrogens with zero attached hydrogens (tertiary/aromatic N) is 1. The van der Waals surface area contributed by atoms with E-state index >= 15 is 0 Å². The zero-order chi connectivity index (χ0) is 9.97. The van der Waals surface area contributed by atoms with Gasteiger partial charge in [0.05, 0.1) is 5.52 Å². The predicted octanol–water partition coefficient (Wildman–Crippen LogP) is 2.97. The third kappa shape index (κ3) is 1.46. The Bertz CT molecular complexity index is 489. The van der Waals surface area contributed by atoms with E-state index in [-0.39, 0.29) is 5.75 Å². The summed E-state index contributed by atoms with van der Waals surface area (Å²) in [6.45, 7) is 1.94. The maximum Gasteiger partial charge on any atom is 0.116 e. The van der Waals surface area contributed by atoms with Crippen molar-refractivity contribution in [1.29, 1.82) is 0 Å². The van der Waals surface area contributed by atoms with Gasteiger partial charge >= 0.3 is 0 Å². The van der Waals surface area contributed by atoms with Crippen molar-refractivity contribution in [3.63, 3.8) is 0 Å². The van der Waals surface area contributed by atoms with Crippen molar-refractivity contribution in [2.24, 2.45) is 0 Å². The largest absolute Gasteiger partial charge is 0.508 e. The summed E-state index contributed by atoms with van der Waals surface area (Å²) >= 11 is 0. The fourth-order valence-electron chi connectivity index (χ4n) is 1.51. The average molecular weight is 185 g/mol. The second kappa shape index (κ2) is 3.50. The minimum atomic E-state index is 0.276. The molecular weight excluding hydrogens is 174 g/mol. The number of aromatic hydroxyl groups is 1. The number of phenols is 1. The second-order valence-corrected chi connectivity index (χ2v) is 3.11. The molecule has 0 spiro atoms. The molecule has 2 nitrogen and oxygen atoms in total. The first-order chi connectivity index (χ1) is 6.81. The van der Waals surface area contributed by atoms with Crippen LogP contribution in [-0.2, 0) is 0 Å². The van der Waals surface area contributed by atoms with Crippen molar-refractivity contribution in [1.82, 2.24) is 4.98 Å². The molecule has 0 aliphatic rings. The van der Waals surface area contributed by atoms with Crippen molar-refractivity contribution in [3.05, 3.63) is 42.1 Å². The van der Waals surface area contributed by atoms with E-state index in [1.165, 1.54) is 0 Å². The summed E-state index contributed by atoms with van der Waals surface area (Å²) in [4.78, 5) is 4.28. The summed E-state index contributed by atoms with van der Waals surface area (Å²) in [6, 6.07) is 7.24. The number of allylic oxidation sites excluding steroid dienone is 1. The standard InChI is InChI=1S/C12H11NO/c1-2-4-9-7-11(14)8-10-5-3-6-13-12(9)10/h2-8,14H,1H3/b4-2+. The van der Waals surface area contributed by atoms with Crippen LogP contribution in [-0.4, -0.2) is 10.1 Å². The first-order valence-electron chi connectivity index (χ1n) is 4.51. The third-order valence-electron chi connectivity index (χ3n) is 2.07. The van der Waals surface area contributed by atoms with E-state index in [2.05, 4.69) is 4.98 Å². The second-order valence-electron chi connectivity index (χ2n) is 3.11. The molecule has 2 heteroatoms. The highest BCUT2D eigenvalue weighted by atomic mass is 16.3. The number of fused-ring (bicyclic) bond motifs is 1. The van der Waals surface area contributed by atoms with Gasteiger partial charge in [-0.05, 0) is 25.1 Å². The molecule has 2 aromatic rings. The summed E-state index contributed by atoms with van der Waals surface area (Å²) in [6.07, 6.45) is 5.63. The van der Waals surface area contributed by atoms with Gasteiger partial charge in [0.1, 0.15) is 5.75 Å². The van der Waals surface area contributed by atoms with E-state index in [1.54, 1.807) is 18.3 Å². The van der Waals surface area contributed by atoms with Gasteiger partial charge in [-0.25, -0.2) is 0 Å². The van der Waals surface area contributed by atoms with Crippen LogP contribution in [0.3, 0.4) is 0 Å². The van der Waals surface area contributed by atoms with Crippen LogP contribution < -0.4 is 0 Å². The zero-order valence-corrected chi connectivity index (χ0v) is 7.94. The number of benzene rings is 1. The summed E-state index contributed by atoms with van der Waals surface area (Å²) in [5, 5.41) is 10.4. The maximum absolute atomic E-state index is 9.48. The zero-order valence-electron chi connectivity index (χ0n) is 7.94. The molecule has 0 aliphatic heterocycles. The molecule has 0 saturated carbocycles. The molecule has 2 rings (SSSR count). The minimum absolute atomic E-state index is 0.276. The van der Waals surface area contributed by atoms with Gasteiger partial charge in [0.15, 0.2) is 0 Å².